The molecule has 38 heavy (non-hydrogen) atoms. The van der Waals surface area contributed by atoms with Crippen LogP contribution in [-0.4, -0.2) is 35.8 Å². The molecule has 2 aromatic heterocycles. The number of aromatic nitrogens is 1. The second kappa shape index (κ2) is 9.92. The first-order valence-electron chi connectivity index (χ1n) is 11.6. The molecule has 2 atom stereocenters. The van der Waals surface area contributed by atoms with Crippen molar-refractivity contribution in [2.75, 3.05) is 15.9 Å². The first-order chi connectivity index (χ1) is 18.1. The van der Waals surface area contributed by atoms with Crippen LogP contribution in [0.15, 0.2) is 83.4 Å². The Hall–Kier alpha value is -4.22. The molecule has 0 bridgehead atoms. The van der Waals surface area contributed by atoms with Crippen molar-refractivity contribution >= 4 is 44.7 Å². The Bertz CT molecular complexity index is 1640. The average molecular weight is 549 g/mol. The molecule has 194 valence electrons. The Balaban J connectivity index is 1.60. The summed E-state index contributed by atoms with van der Waals surface area (Å²) in [6.45, 7) is 1.81. The van der Waals surface area contributed by atoms with Crippen molar-refractivity contribution in [3.63, 3.8) is 0 Å². The lowest BCUT2D eigenvalue weighted by atomic mass is 10.0. The number of thiocarbonyl (C=S) groups is 1. The van der Waals surface area contributed by atoms with Crippen molar-refractivity contribution in [1.82, 2.24) is 10.3 Å². The Labute approximate surface area is 225 Å². The normalized spacial score (nSPS) is 17.3. The average Bonchev–Trinajstić information content (AvgIpc) is 3.49. The zero-order valence-corrected chi connectivity index (χ0v) is 22.1. The summed E-state index contributed by atoms with van der Waals surface area (Å²) >= 11 is 5.75. The molecule has 0 saturated carbocycles. The minimum Gasteiger partial charge on any atom is -0.478 e. The molecule has 1 fully saturated rings. The van der Waals surface area contributed by atoms with Crippen molar-refractivity contribution in [3.8, 4) is 11.3 Å². The topological polar surface area (TPSA) is 125 Å². The number of pyridine rings is 1. The molecule has 0 radical (unpaired) electrons. The van der Waals surface area contributed by atoms with Gasteiger partial charge in [-0.25, -0.2) is 13.2 Å². The number of hydrogen-bond acceptors (Lipinski definition) is 6. The van der Waals surface area contributed by atoms with Crippen LogP contribution in [0, 0.1) is 6.92 Å². The van der Waals surface area contributed by atoms with Gasteiger partial charge in [0, 0.05) is 17.4 Å². The number of carbonyl (C=O) groups is 1. The number of nitrogens with zero attached hydrogens (tertiary/aromatic N) is 2. The summed E-state index contributed by atoms with van der Waals surface area (Å²) in [4.78, 5) is 18.2. The molecule has 1 aliphatic heterocycles. The van der Waals surface area contributed by atoms with Crippen LogP contribution < -0.4 is 14.9 Å². The molecule has 1 aliphatic rings. The second-order valence-electron chi connectivity index (χ2n) is 8.92. The highest BCUT2D eigenvalue weighted by molar-refractivity contribution is 7.92. The van der Waals surface area contributed by atoms with E-state index in [1.807, 2.05) is 42.2 Å². The quantitative estimate of drug-likeness (QED) is 0.277. The van der Waals surface area contributed by atoms with Gasteiger partial charge in [-0.2, -0.15) is 0 Å². The van der Waals surface area contributed by atoms with Gasteiger partial charge in [-0.05, 0) is 73.2 Å². The van der Waals surface area contributed by atoms with Gasteiger partial charge in [0.15, 0.2) is 5.11 Å². The highest BCUT2D eigenvalue weighted by Gasteiger charge is 2.42. The molecule has 11 heteroatoms. The number of nitrogens with one attached hydrogen (secondary N) is 2. The number of aromatic carboxylic acids is 1. The molecule has 0 spiro atoms. The number of sulfonamides is 1. The molecule has 0 aliphatic carbocycles. The molecule has 2 unspecified atom stereocenters. The summed E-state index contributed by atoms with van der Waals surface area (Å²) in [5, 5.41) is 13.4. The van der Waals surface area contributed by atoms with Gasteiger partial charge in [0.05, 0.1) is 29.2 Å². The Morgan fingerprint density at radius 3 is 2.55 bits per heavy atom. The smallest absolute Gasteiger partial charge is 0.336 e. The van der Waals surface area contributed by atoms with E-state index in [-0.39, 0.29) is 11.6 Å². The van der Waals surface area contributed by atoms with Gasteiger partial charge in [0.2, 0.25) is 10.0 Å². The number of carboxylic acids is 1. The van der Waals surface area contributed by atoms with Gasteiger partial charge < -0.3 is 19.7 Å². The van der Waals surface area contributed by atoms with Crippen LogP contribution in [0.4, 0.5) is 11.4 Å². The molecule has 0 amide bonds. The van der Waals surface area contributed by atoms with E-state index in [1.54, 1.807) is 42.6 Å². The number of carboxylic acid groups (broad SMARTS) is 1. The Morgan fingerprint density at radius 1 is 1.11 bits per heavy atom. The van der Waals surface area contributed by atoms with E-state index in [2.05, 4.69) is 15.0 Å². The van der Waals surface area contributed by atoms with Crippen LogP contribution in [0.1, 0.15) is 39.5 Å². The van der Waals surface area contributed by atoms with Crippen molar-refractivity contribution in [1.29, 1.82) is 0 Å². The summed E-state index contributed by atoms with van der Waals surface area (Å²) in [5.74, 6) is -0.0767. The molecule has 1 saturated heterocycles. The molecule has 2 aromatic carbocycles. The number of aryl methyl sites for hydroxylation is 1. The first kappa shape index (κ1) is 25.4. The predicted molar refractivity (Wildman–Crippen MR) is 149 cm³/mol. The number of furan rings is 1. The fourth-order valence-corrected chi connectivity index (χ4v) is 5.55. The second-order valence-corrected chi connectivity index (χ2v) is 11.1. The van der Waals surface area contributed by atoms with Crippen molar-refractivity contribution in [2.24, 2.45) is 0 Å². The zero-order chi connectivity index (χ0) is 27.0. The SMILES string of the molecule is Cc1cc(N2C(=S)NC(c3ccccn3)C2c2ccc(-c3ccccc3C(=O)O)o2)ccc1NS(C)(=O)=O. The Kier molecular flexibility index (Phi) is 6.64. The van der Waals surface area contributed by atoms with E-state index in [1.165, 1.54) is 6.07 Å². The lowest BCUT2D eigenvalue weighted by Crippen LogP contribution is -2.29. The van der Waals surface area contributed by atoms with Crippen molar-refractivity contribution in [2.45, 2.75) is 19.0 Å². The van der Waals surface area contributed by atoms with Crippen molar-refractivity contribution < 1.29 is 22.7 Å². The molecular formula is C27H24N4O5S2. The molecule has 4 aromatic rings. The summed E-state index contributed by atoms with van der Waals surface area (Å²) in [6, 6.07) is 20.3. The number of hydrogen-bond donors (Lipinski definition) is 3. The van der Waals surface area contributed by atoms with E-state index in [0.717, 1.165) is 17.6 Å². The van der Waals surface area contributed by atoms with Gasteiger partial charge in [-0.15, -0.1) is 0 Å². The standard InChI is InChI=1S/C27H24N4O5S2/c1-16-15-17(10-11-20(16)30-38(2,34)35)31-25(24(29-27(31)37)21-9-5-6-14-28-21)23-13-12-22(36-23)18-7-3-4-8-19(18)26(32)33/h3-15,24-25,30H,1-2H3,(H,29,37)(H,32,33). The minimum absolute atomic E-state index is 0.135. The monoisotopic (exact) mass is 548 g/mol. The van der Waals surface area contributed by atoms with Crippen LogP contribution in [0.3, 0.4) is 0 Å². The van der Waals surface area contributed by atoms with Crippen molar-refractivity contribution in [3.05, 3.63) is 102 Å². The zero-order valence-electron chi connectivity index (χ0n) is 20.5. The van der Waals surface area contributed by atoms with Crippen LogP contribution in [0.25, 0.3) is 11.3 Å². The molecule has 3 N–H and O–H groups in total. The maximum Gasteiger partial charge on any atom is 0.336 e. The van der Waals surface area contributed by atoms with Crippen LogP contribution in [0.2, 0.25) is 0 Å². The highest BCUT2D eigenvalue weighted by atomic mass is 32.2. The maximum atomic E-state index is 11.8. The largest absolute Gasteiger partial charge is 0.478 e. The summed E-state index contributed by atoms with van der Waals surface area (Å²) in [5.41, 5.74) is 3.26. The van der Waals surface area contributed by atoms with Crippen LogP contribution in [0.5, 0.6) is 0 Å². The van der Waals surface area contributed by atoms with E-state index in [0.29, 0.717) is 33.4 Å². The van der Waals surface area contributed by atoms with Gasteiger partial charge in [0.25, 0.3) is 0 Å². The maximum absolute atomic E-state index is 11.8. The van der Waals surface area contributed by atoms with Gasteiger partial charge in [-0.3, -0.25) is 9.71 Å². The van der Waals surface area contributed by atoms with Gasteiger partial charge in [0.1, 0.15) is 17.6 Å². The summed E-state index contributed by atoms with van der Waals surface area (Å²) in [6.07, 6.45) is 2.80. The van der Waals surface area contributed by atoms with E-state index in [4.69, 9.17) is 16.6 Å². The van der Waals surface area contributed by atoms with E-state index in [9.17, 15) is 18.3 Å². The highest BCUT2D eigenvalue weighted by Crippen LogP contribution is 2.43. The third-order valence-corrected chi connectivity index (χ3v) is 7.13. The molecule has 9 nitrogen and oxygen atoms in total. The molecule has 3 heterocycles. The number of anilines is 2. The fourth-order valence-electron chi connectivity index (χ4n) is 4.57. The summed E-state index contributed by atoms with van der Waals surface area (Å²) in [7, 11) is -3.44. The minimum atomic E-state index is -3.44. The Morgan fingerprint density at radius 2 is 1.87 bits per heavy atom. The third-order valence-electron chi connectivity index (χ3n) is 6.22. The number of benzene rings is 2. The first-order valence-corrected chi connectivity index (χ1v) is 13.9. The van der Waals surface area contributed by atoms with Gasteiger partial charge >= 0.3 is 5.97 Å². The van der Waals surface area contributed by atoms with E-state index < -0.39 is 22.0 Å². The fraction of sp³-hybridized carbons (Fsp3) is 0.148. The van der Waals surface area contributed by atoms with E-state index >= 15 is 0 Å². The summed E-state index contributed by atoms with van der Waals surface area (Å²) < 4.78 is 32.3. The van der Waals surface area contributed by atoms with Crippen LogP contribution in [-0.2, 0) is 10.0 Å². The van der Waals surface area contributed by atoms with Gasteiger partial charge in [-0.1, -0.05) is 24.3 Å². The molecule has 5 rings (SSSR count). The lowest BCUT2D eigenvalue weighted by Gasteiger charge is -2.26. The lowest BCUT2D eigenvalue weighted by molar-refractivity contribution is 0.0697. The predicted octanol–water partition coefficient (Wildman–Crippen LogP) is 4.90. The van der Waals surface area contributed by atoms with Crippen LogP contribution >= 0.6 is 12.2 Å². The molecular weight excluding hydrogens is 524 g/mol. The number of rotatable bonds is 7. The third kappa shape index (κ3) is 4.98.